The highest BCUT2D eigenvalue weighted by molar-refractivity contribution is 7.99. The molecule has 30 heavy (non-hydrogen) atoms. The van der Waals surface area contributed by atoms with Gasteiger partial charge in [0, 0.05) is 18.8 Å². The van der Waals surface area contributed by atoms with Crippen LogP contribution >= 0.6 is 11.8 Å². The van der Waals surface area contributed by atoms with E-state index in [0.717, 1.165) is 49.4 Å². The summed E-state index contributed by atoms with van der Waals surface area (Å²) in [6, 6.07) is 10.3. The van der Waals surface area contributed by atoms with Gasteiger partial charge in [-0.2, -0.15) is 0 Å². The molecule has 0 unspecified atom stereocenters. The fourth-order valence-corrected chi connectivity index (χ4v) is 5.61. The summed E-state index contributed by atoms with van der Waals surface area (Å²) in [7, 11) is 0. The largest absolute Gasteiger partial charge is 0.341 e. The van der Waals surface area contributed by atoms with Gasteiger partial charge >= 0.3 is 0 Å². The van der Waals surface area contributed by atoms with Gasteiger partial charge in [-0.25, -0.2) is 0 Å². The Morgan fingerprint density at radius 2 is 1.73 bits per heavy atom. The maximum atomic E-state index is 12.9. The van der Waals surface area contributed by atoms with Gasteiger partial charge in [0.2, 0.25) is 5.91 Å². The van der Waals surface area contributed by atoms with E-state index in [0.29, 0.717) is 17.6 Å². The van der Waals surface area contributed by atoms with Crippen LogP contribution in [0.2, 0.25) is 0 Å². The Balaban J connectivity index is 1.49. The summed E-state index contributed by atoms with van der Waals surface area (Å²) >= 11 is 1.51. The molecule has 2 atom stereocenters. The molecule has 0 bridgehead atoms. The van der Waals surface area contributed by atoms with Gasteiger partial charge < -0.3 is 4.90 Å². The van der Waals surface area contributed by atoms with Gasteiger partial charge in [-0.15, -0.1) is 10.2 Å². The van der Waals surface area contributed by atoms with Gasteiger partial charge in [0.15, 0.2) is 11.0 Å². The van der Waals surface area contributed by atoms with Crippen LogP contribution in [-0.4, -0.2) is 62.4 Å². The van der Waals surface area contributed by atoms with E-state index >= 15 is 0 Å². The van der Waals surface area contributed by atoms with E-state index in [-0.39, 0.29) is 5.91 Å². The molecule has 0 aliphatic carbocycles. The minimum Gasteiger partial charge on any atom is -0.341 e. The first-order chi connectivity index (χ1) is 14.6. The number of para-hydroxylation sites is 1. The van der Waals surface area contributed by atoms with E-state index in [1.165, 1.54) is 37.4 Å². The molecular formula is C23H33N5OS. The molecule has 0 spiro atoms. The summed E-state index contributed by atoms with van der Waals surface area (Å²) in [4.78, 5) is 17.4. The molecule has 2 aliphatic heterocycles. The van der Waals surface area contributed by atoms with E-state index < -0.39 is 0 Å². The zero-order valence-electron chi connectivity index (χ0n) is 18.2. The fourth-order valence-electron chi connectivity index (χ4n) is 4.73. The molecule has 7 heteroatoms. The van der Waals surface area contributed by atoms with Crippen molar-refractivity contribution in [2.75, 3.05) is 31.9 Å². The van der Waals surface area contributed by atoms with Crippen molar-refractivity contribution < 1.29 is 4.79 Å². The third kappa shape index (κ3) is 5.24. The number of carbonyl (C=O) groups excluding carboxylic acids is 1. The van der Waals surface area contributed by atoms with Crippen molar-refractivity contribution >= 4 is 17.7 Å². The summed E-state index contributed by atoms with van der Waals surface area (Å²) in [6.45, 7) is 9.26. The van der Waals surface area contributed by atoms with Crippen molar-refractivity contribution in [1.82, 2.24) is 24.6 Å². The number of carbonyl (C=O) groups is 1. The van der Waals surface area contributed by atoms with E-state index in [2.05, 4.69) is 45.6 Å². The van der Waals surface area contributed by atoms with Crippen molar-refractivity contribution in [2.24, 2.45) is 11.8 Å². The van der Waals surface area contributed by atoms with Gasteiger partial charge in [0.05, 0.1) is 12.3 Å². The van der Waals surface area contributed by atoms with Crippen LogP contribution in [0.3, 0.4) is 0 Å². The lowest BCUT2D eigenvalue weighted by Crippen LogP contribution is -2.43. The maximum Gasteiger partial charge on any atom is 0.233 e. The summed E-state index contributed by atoms with van der Waals surface area (Å²) in [5.41, 5.74) is 1.06. The molecule has 0 N–H and O–H groups in total. The Morgan fingerprint density at radius 1 is 1.03 bits per heavy atom. The highest BCUT2D eigenvalue weighted by atomic mass is 32.2. The van der Waals surface area contributed by atoms with Gasteiger partial charge in [-0.05, 0) is 56.3 Å². The molecule has 1 aromatic heterocycles. The Morgan fingerprint density at radius 3 is 2.43 bits per heavy atom. The maximum absolute atomic E-state index is 12.9. The van der Waals surface area contributed by atoms with Crippen molar-refractivity contribution in [3.05, 3.63) is 36.2 Å². The van der Waals surface area contributed by atoms with Crippen molar-refractivity contribution in [2.45, 2.75) is 51.2 Å². The summed E-state index contributed by atoms with van der Waals surface area (Å²) < 4.78 is 2.13. The van der Waals surface area contributed by atoms with Gasteiger partial charge in [-0.1, -0.05) is 50.2 Å². The number of benzene rings is 1. The lowest BCUT2D eigenvalue weighted by atomic mass is 9.92. The molecule has 2 saturated heterocycles. The van der Waals surface area contributed by atoms with Crippen LogP contribution in [0.4, 0.5) is 0 Å². The molecule has 162 valence electrons. The minimum absolute atomic E-state index is 0.207. The smallest absolute Gasteiger partial charge is 0.233 e. The SMILES string of the molecule is C[C@@H]1C[C@@H](C)CN(C(=O)CSc2nnc(CN3CCCCC3)n2-c2ccccc2)C1. The molecular weight excluding hydrogens is 394 g/mol. The second-order valence-corrected chi connectivity index (χ2v) is 9.88. The zero-order valence-corrected chi connectivity index (χ0v) is 19.0. The zero-order chi connectivity index (χ0) is 20.9. The minimum atomic E-state index is 0.207. The first-order valence-corrected chi connectivity index (χ1v) is 12.2. The number of rotatable bonds is 6. The van der Waals surface area contributed by atoms with Crippen molar-refractivity contribution in [3.8, 4) is 5.69 Å². The average Bonchev–Trinajstić information content (AvgIpc) is 3.15. The molecule has 1 amide bonds. The predicted octanol–water partition coefficient (Wildman–Crippen LogP) is 3.85. The Kier molecular flexibility index (Phi) is 7.10. The molecule has 2 aromatic rings. The number of amides is 1. The van der Waals surface area contributed by atoms with E-state index in [9.17, 15) is 4.79 Å². The summed E-state index contributed by atoms with van der Waals surface area (Å²) in [6.07, 6.45) is 5.03. The molecule has 3 heterocycles. The molecule has 1 aromatic carbocycles. The summed E-state index contributed by atoms with van der Waals surface area (Å²) in [5, 5.41) is 9.82. The van der Waals surface area contributed by atoms with E-state index in [1.54, 1.807) is 0 Å². The number of likely N-dealkylation sites (tertiary alicyclic amines) is 2. The van der Waals surface area contributed by atoms with Gasteiger partial charge in [0.1, 0.15) is 0 Å². The lowest BCUT2D eigenvalue weighted by molar-refractivity contribution is -0.130. The number of hydrogen-bond acceptors (Lipinski definition) is 5. The van der Waals surface area contributed by atoms with Gasteiger partial charge in [-0.3, -0.25) is 14.3 Å². The van der Waals surface area contributed by atoms with Crippen LogP contribution in [-0.2, 0) is 11.3 Å². The van der Waals surface area contributed by atoms with Crippen molar-refractivity contribution in [3.63, 3.8) is 0 Å². The Hall–Kier alpha value is -1.86. The van der Waals surface area contributed by atoms with Gasteiger partial charge in [0.25, 0.3) is 0 Å². The quantitative estimate of drug-likeness (QED) is 0.656. The number of piperidine rings is 2. The Bertz CT molecular complexity index is 823. The van der Waals surface area contributed by atoms with E-state index in [1.807, 2.05) is 23.1 Å². The standard InChI is InChI=1S/C23H33N5OS/c1-18-13-19(2)15-27(14-18)22(29)17-30-23-25-24-21(16-26-11-7-4-8-12-26)28(23)20-9-5-3-6-10-20/h3,5-6,9-10,18-19H,4,7-8,11-17H2,1-2H3/t18-,19-/m1/s1. The number of thioether (sulfide) groups is 1. The molecule has 2 aliphatic rings. The van der Waals surface area contributed by atoms with Crippen LogP contribution in [0.5, 0.6) is 0 Å². The lowest BCUT2D eigenvalue weighted by Gasteiger charge is -2.35. The average molecular weight is 428 g/mol. The highest BCUT2D eigenvalue weighted by Gasteiger charge is 2.26. The monoisotopic (exact) mass is 427 g/mol. The molecule has 6 nitrogen and oxygen atoms in total. The van der Waals surface area contributed by atoms with Crippen LogP contribution in [0.1, 0.15) is 45.4 Å². The summed E-state index contributed by atoms with van der Waals surface area (Å²) in [5.74, 6) is 2.73. The normalized spacial score (nSPS) is 22.9. The number of hydrogen-bond donors (Lipinski definition) is 0. The third-order valence-electron chi connectivity index (χ3n) is 6.07. The highest BCUT2D eigenvalue weighted by Crippen LogP contribution is 2.26. The molecule has 0 radical (unpaired) electrons. The van der Waals surface area contributed by atoms with Crippen LogP contribution in [0.25, 0.3) is 5.69 Å². The second kappa shape index (κ2) is 9.96. The number of nitrogens with zero attached hydrogens (tertiary/aromatic N) is 5. The Labute approximate surface area is 184 Å². The molecule has 2 fully saturated rings. The topological polar surface area (TPSA) is 54.3 Å². The van der Waals surface area contributed by atoms with Crippen LogP contribution in [0.15, 0.2) is 35.5 Å². The predicted molar refractivity (Wildman–Crippen MR) is 121 cm³/mol. The first-order valence-electron chi connectivity index (χ1n) is 11.2. The number of aromatic nitrogens is 3. The molecule has 0 saturated carbocycles. The van der Waals surface area contributed by atoms with Crippen molar-refractivity contribution in [1.29, 1.82) is 0 Å². The first kappa shape index (κ1) is 21.4. The van der Waals surface area contributed by atoms with E-state index in [4.69, 9.17) is 0 Å². The third-order valence-corrected chi connectivity index (χ3v) is 6.99. The second-order valence-electron chi connectivity index (χ2n) is 8.94. The molecule has 4 rings (SSSR count). The van der Waals surface area contributed by atoms with Crippen LogP contribution in [0, 0.1) is 11.8 Å². The van der Waals surface area contributed by atoms with Crippen LogP contribution < -0.4 is 0 Å². The fraction of sp³-hybridized carbons (Fsp3) is 0.609.